The molecule has 1 unspecified atom stereocenters. The zero-order valence-electron chi connectivity index (χ0n) is 12.0. The molecule has 18 heavy (non-hydrogen) atoms. The van der Waals surface area contributed by atoms with Crippen LogP contribution in [0.4, 0.5) is 0 Å². The van der Waals surface area contributed by atoms with E-state index >= 15 is 0 Å². The summed E-state index contributed by atoms with van der Waals surface area (Å²) in [5, 5.41) is 10.5. The summed E-state index contributed by atoms with van der Waals surface area (Å²) in [5.74, 6) is 0. The summed E-state index contributed by atoms with van der Waals surface area (Å²) >= 11 is 0. The van der Waals surface area contributed by atoms with Gasteiger partial charge in [0.25, 0.3) is 0 Å². The Morgan fingerprint density at radius 3 is 2.11 bits per heavy atom. The number of hydrogen-bond donors (Lipinski definition) is 1. The Hall–Kier alpha value is -0.860. The lowest BCUT2D eigenvalue weighted by Crippen LogP contribution is -2.42. The molecule has 0 aliphatic heterocycles. The summed E-state index contributed by atoms with van der Waals surface area (Å²) in [6, 6.07) is 10.3. The van der Waals surface area contributed by atoms with E-state index in [1.165, 1.54) is 5.56 Å². The molecule has 0 fully saturated rings. The number of aliphatic hydroxyl groups is 1. The van der Waals surface area contributed by atoms with E-state index in [1.54, 1.807) is 0 Å². The van der Waals surface area contributed by atoms with Crippen LogP contribution in [-0.4, -0.2) is 23.9 Å². The molecule has 0 heterocycles. The van der Waals surface area contributed by atoms with E-state index in [9.17, 15) is 5.11 Å². The minimum atomic E-state index is -0.461. The van der Waals surface area contributed by atoms with E-state index in [1.807, 2.05) is 32.0 Å². The van der Waals surface area contributed by atoms with Crippen molar-refractivity contribution in [2.75, 3.05) is 6.61 Å². The Morgan fingerprint density at radius 1 is 1.11 bits per heavy atom. The average Bonchev–Trinajstić information content (AvgIpc) is 2.39. The molecule has 1 rings (SSSR count). The largest absolute Gasteiger partial charge is 0.390 e. The van der Waals surface area contributed by atoms with Crippen LogP contribution in [0.3, 0.4) is 0 Å². The molecule has 1 aromatic carbocycles. The van der Waals surface area contributed by atoms with Gasteiger partial charge in [0.05, 0.1) is 18.8 Å². The van der Waals surface area contributed by atoms with Gasteiger partial charge in [0.2, 0.25) is 0 Å². The second kappa shape index (κ2) is 6.91. The molecular weight excluding hydrogens is 224 g/mol. The summed E-state index contributed by atoms with van der Waals surface area (Å²) in [6.07, 6.45) is 1.52. The molecule has 1 atom stereocenters. The van der Waals surface area contributed by atoms with Crippen LogP contribution in [0.5, 0.6) is 0 Å². The summed E-state index contributed by atoms with van der Waals surface area (Å²) in [4.78, 5) is 0. The molecule has 0 saturated heterocycles. The van der Waals surface area contributed by atoms with Crippen molar-refractivity contribution in [1.82, 2.24) is 0 Å². The number of benzene rings is 1. The van der Waals surface area contributed by atoms with Crippen molar-refractivity contribution in [1.29, 1.82) is 0 Å². The molecule has 0 aliphatic carbocycles. The van der Waals surface area contributed by atoms with Gasteiger partial charge >= 0.3 is 0 Å². The maximum atomic E-state index is 10.5. The van der Waals surface area contributed by atoms with Crippen molar-refractivity contribution in [2.24, 2.45) is 0 Å². The monoisotopic (exact) mass is 250 g/mol. The van der Waals surface area contributed by atoms with Crippen LogP contribution in [0.1, 0.15) is 46.1 Å². The molecule has 0 bridgehead atoms. The standard InChI is InChI=1S/C16H26O2/c1-5-16(6-2,14-10-8-7-9-11-14)15(17)12-18-13(3)4/h7-11,13,15,17H,5-6,12H2,1-4H3. The Bertz CT molecular complexity index is 328. The van der Waals surface area contributed by atoms with Crippen molar-refractivity contribution < 1.29 is 9.84 Å². The normalized spacial score (nSPS) is 13.9. The van der Waals surface area contributed by atoms with Crippen molar-refractivity contribution in [3.05, 3.63) is 35.9 Å². The van der Waals surface area contributed by atoms with E-state index in [-0.39, 0.29) is 11.5 Å². The predicted octanol–water partition coefficient (Wildman–Crippen LogP) is 3.53. The minimum absolute atomic E-state index is 0.154. The van der Waals surface area contributed by atoms with Crippen LogP contribution in [0.15, 0.2) is 30.3 Å². The van der Waals surface area contributed by atoms with Gasteiger partial charge < -0.3 is 9.84 Å². The van der Waals surface area contributed by atoms with Gasteiger partial charge in [-0.25, -0.2) is 0 Å². The molecule has 0 aliphatic rings. The highest BCUT2D eigenvalue weighted by Gasteiger charge is 2.36. The van der Waals surface area contributed by atoms with E-state index in [2.05, 4.69) is 26.0 Å². The van der Waals surface area contributed by atoms with Crippen LogP contribution < -0.4 is 0 Å². The molecule has 2 nitrogen and oxygen atoms in total. The van der Waals surface area contributed by atoms with Gasteiger partial charge in [-0.15, -0.1) is 0 Å². The zero-order chi connectivity index (χ0) is 13.6. The summed E-state index contributed by atoms with van der Waals surface area (Å²) in [7, 11) is 0. The summed E-state index contributed by atoms with van der Waals surface area (Å²) < 4.78 is 5.58. The van der Waals surface area contributed by atoms with Gasteiger partial charge in [0.1, 0.15) is 0 Å². The first-order chi connectivity index (χ1) is 8.56. The quantitative estimate of drug-likeness (QED) is 0.802. The Morgan fingerprint density at radius 2 is 1.67 bits per heavy atom. The predicted molar refractivity (Wildman–Crippen MR) is 75.8 cm³/mol. The lowest BCUT2D eigenvalue weighted by molar-refractivity contribution is -0.0336. The van der Waals surface area contributed by atoms with Gasteiger partial charge in [0.15, 0.2) is 0 Å². The number of rotatable bonds is 7. The third-order valence-corrected chi connectivity index (χ3v) is 3.84. The van der Waals surface area contributed by atoms with E-state index in [0.29, 0.717) is 6.61 Å². The number of ether oxygens (including phenoxy) is 1. The fourth-order valence-corrected chi connectivity index (χ4v) is 2.54. The molecular formula is C16H26O2. The molecule has 0 aromatic heterocycles. The Labute approximate surface area is 111 Å². The molecule has 102 valence electrons. The lowest BCUT2D eigenvalue weighted by atomic mass is 9.71. The highest BCUT2D eigenvalue weighted by Crippen LogP contribution is 2.35. The first-order valence-corrected chi connectivity index (χ1v) is 6.92. The molecule has 1 aromatic rings. The zero-order valence-corrected chi connectivity index (χ0v) is 12.0. The fraction of sp³-hybridized carbons (Fsp3) is 0.625. The van der Waals surface area contributed by atoms with E-state index < -0.39 is 6.10 Å². The van der Waals surface area contributed by atoms with Crippen molar-refractivity contribution in [3.8, 4) is 0 Å². The van der Waals surface area contributed by atoms with Crippen LogP contribution in [0.25, 0.3) is 0 Å². The fourth-order valence-electron chi connectivity index (χ4n) is 2.54. The lowest BCUT2D eigenvalue weighted by Gasteiger charge is -2.37. The van der Waals surface area contributed by atoms with Crippen molar-refractivity contribution >= 4 is 0 Å². The third-order valence-electron chi connectivity index (χ3n) is 3.84. The topological polar surface area (TPSA) is 29.5 Å². The SMILES string of the molecule is CCC(CC)(c1ccccc1)C(O)COC(C)C. The van der Waals surface area contributed by atoms with Gasteiger partial charge in [-0.2, -0.15) is 0 Å². The Kier molecular flexibility index (Phi) is 5.83. The highest BCUT2D eigenvalue weighted by molar-refractivity contribution is 5.27. The second-order valence-corrected chi connectivity index (χ2v) is 5.13. The van der Waals surface area contributed by atoms with Crippen molar-refractivity contribution in [2.45, 2.75) is 58.2 Å². The first kappa shape index (κ1) is 15.2. The smallest absolute Gasteiger partial charge is 0.0869 e. The molecule has 0 spiro atoms. The van der Waals surface area contributed by atoms with Crippen LogP contribution in [0, 0.1) is 0 Å². The van der Waals surface area contributed by atoms with Crippen molar-refractivity contribution in [3.63, 3.8) is 0 Å². The average molecular weight is 250 g/mol. The van der Waals surface area contributed by atoms with Gasteiger partial charge in [-0.1, -0.05) is 44.2 Å². The second-order valence-electron chi connectivity index (χ2n) is 5.13. The molecule has 1 N–H and O–H groups in total. The maximum absolute atomic E-state index is 10.5. The third kappa shape index (κ3) is 3.33. The summed E-state index contributed by atoms with van der Waals surface area (Å²) in [5.41, 5.74) is 1.01. The van der Waals surface area contributed by atoms with Gasteiger partial charge in [-0.05, 0) is 32.3 Å². The number of hydrogen-bond acceptors (Lipinski definition) is 2. The maximum Gasteiger partial charge on any atom is 0.0869 e. The summed E-state index contributed by atoms with van der Waals surface area (Å²) in [6.45, 7) is 8.65. The van der Waals surface area contributed by atoms with Crippen LogP contribution in [0.2, 0.25) is 0 Å². The molecule has 0 saturated carbocycles. The highest BCUT2D eigenvalue weighted by atomic mass is 16.5. The van der Waals surface area contributed by atoms with Gasteiger partial charge in [-0.3, -0.25) is 0 Å². The molecule has 0 amide bonds. The van der Waals surface area contributed by atoms with Crippen LogP contribution in [-0.2, 0) is 10.2 Å². The van der Waals surface area contributed by atoms with E-state index in [0.717, 1.165) is 12.8 Å². The number of aliphatic hydroxyl groups excluding tert-OH is 1. The minimum Gasteiger partial charge on any atom is -0.390 e. The molecule has 0 radical (unpaired) electrons. The van der Waals surface area contributed by atoms with Crippen LogP contribution >= 0.6 is 0 Å². The van der Waals surface area contributed by atoms with Gasteiger partial charge in [0, 0.05) is 5.41 Å². The first-order valence-electron chi connectivity index (χ1n) is 6.92. The van der Waals surface area contributed by atoms with E-state index in [4.69, 9.17) is 4.74 Å². The Balaban J connectivity index is 2.93. The molecule has 2 heteroatoms.